The molecule has 1 aromatic rings. The molecule has 1 amide bonds. The number of nitrogens with two attached hydrogens (primary N) is 1. The van der Waals surface area contributed by atoms with Crippen molar-refractivity contribution in [3.8, 4) is 0 Å². The van der Waals surface area contributed by atoms with Crippen LogP contribution in [0.3, 0.4) is 0 Å². The predicted octanol–water partition coefficient (Wildman–Crippen LogP) is 0.322. The number of sulfonamides is 1. The number of amides is 1. The molecule has 1 aliphatic heterocycles. The molecule has 0 spiro atoms. The molecule has 1 atom stereocenters. The zero-order valence-corrected chi connectivity index (χ0v) is 10.4. The third kappa shape index (κ3) is 2.37. The number of carbonyl (C=O) groups excluding carboxylic acids is 1. The Kier molecular flexibility index (Phi) is 3.36. The van der Waals surface area contributed by atoms with Gasteiger partial charge in [-0.2, -0.15) is 4.31 Å². The van der Waals surface area contributed by atoms with Gasteiger partial charge in [0.2, 0.25) is 15.9 Å². The van der Waals surface area contributed by atoms with Crippen molar-refractivity contribution in [3.63, 3.8) is 0 Å². The summed E-state index contributed by atoms with van der Waals surface area (Å²) < 4.78 is 38.5. The zero-order valence-electron chi connectivity index (χ0n) is 9.54. The molecule has 0 saturated carbocycles. The summed E-state index contributed by atoms with van der Waals surface area (Å²) in [5, 5.41) is 0. The molecule has 1 unspecified atom stereocenters. The van der Waals surface area contributed by atoms with E-state index in [1.807, 2.05) is 0 Å². The van der Waals surface area contributed by atoms with Crippen LogP contribution in [0.2, 0.25) is 0 Å². The molecular weight excluding hydrogens is 259 g/mol. The maximum atomic E-state index is 13.0. The summed E-state index contributed by atoms with van der Waals surface area (Å²) in [6, 6.07) is 4.81. The van der Waals surface area contributed by atoms with E-state index in [9.17, 15) is 17.6 Å². The molecule has 2 N–H and O–H groups in total. The molecule has 0 aliphatic carbocycles. The molecule has 1 aliphatic rings. The third-order valence-electron chi connectivity index (χ3n) is 2.99. The summed E-state index contributed by atoms with van der Waals surface area (Å²) in [5.74, 6) is -1.58. The van der Waals surface area contributed by atoms with Crippen molar-refractivity contribution in [3.05, 3.63) is 30.1 Å². The van der Waals surface area contributed by atoms with E-state index in [0.717, 1.165) is 10.4 Å². The number of rotatable bonds is 3. The topological polar surface area (TPSA) is 80.5 Å². The monoisotopic (exact) mass is 272 g/mol. The molecule has 1 saturated heterocycles. The number of hydrogen-bond donors (Lipinski definition) is 1. The standard InChI is InChI=1S/C11H13FN2O3S/c12-9-2-1-3-10(6-9)18(16,17)14-5-4-8(7-14)11(13)15/h1-3,6,8H,4-5,7H2,(H2,13,15). The molecule has 1 aromatic carbocycles. The second-order valence-electron chi connectivity index (χ2n) is 4.21. The Morgan fingerprint density at radius 3 is 2.72 bits per heavy atom. The normalized spacial score (nSPS) is 21.1. The fourth-order valence-corrected chi connectivity index (χ4v) is 3.49. The van der Waals surface area contributed by atoms with Gasteiger partial charge in [0.1, 0.15) is 5.82 Å². The fraction of sp³-hybridized carbons (Fsp3) is 0.364. The van der Waals surface area contributed by atoms with E-state index in [1.54, 1.807) is 0 Å². The summed E-state index contributed by atoms with van der Waals surface area (Å²) in [6.45, 7) is 0.292. The van der Waals surface area contributed by atoms with Gasteiger partial charge in [0.15, 0.2) is 0 Å². The zero-order chi connectivity index (χ0) is 13.3. The highest BCUT2D eigenvalue weighted by Gasteiger charge is 2.34. The first-order valence-electron chi connectivity index (χ1n) is 5.46. The van der Waals surface area contributed by atoms with E-state index in [1.165, 1.54) is 18.2 Å². The van der Waals surface area contributed by atoms with Crippen LogP contribution in [0.25, 0.3) is 0 Å². The SMILES string of the molecule is NC(=O)C1CCN(S(=O)(=O)c2cccc(F)c2)C1. The van der Waals surface area contributed by atoms with Gasteiger partial charge >= 0.3 is 0 Å². The molecule has 2 rings (SSSR count). The molecule has 1 heterocycles. The van der Waals surface area contributed by atoms with Crippen LogP contribution in [-0.2, 0) is 14.8 Å². The average Bonchev–Trinajstić information content (AvgIpc) is 2.79. The number of benzene rings is 1. The Morgan fingerprint density at radius 1 is 1.44 bits per heavy atom. The average molecular weight is 272 g/mol. The van der Waals surface area contributed by atoms with Gasteiger partial charge in [0, 0.05) is 13.1 Å². The lowest BCUT2D eigenvalue weighted by molar-refractivity contribution is -0.121. The Labute approximate surface area is 104 Å². The summed E-state index contributed by atoms with van der Waals surface area (Å²) in [6.07, 6.45) is 0.407. The van der Waals surface area contributed by atoms with Crippen LogP contribution in [0.5, 0.6) is 0 Å². The molecule has 18 heavy (non-hydrogen) atoms. The lowest BCUT2D eigenvalue weighted by Gasteiger charge is -2.15. The highest BCUT2D eigenvalue weighted by Crippen LogP contribution is 2.24. The maximum absolute atomic E-state index is 13.0. The van der Waals surface area contributed by atoms with Crippen molar-refractivity contribution in [2.45, 2.75) is 11.3 Å². The van der Waals surface area contributed by atoms with Gasteiger partial charge in [-0.05, 0) is 24.6 Å². The van der Waals surface area contributed by atoms with Crippen LogP contribution < -0.4 is 5.73 Å². The largest absolute Gasteiger partial charge is 0.369 e. The minimum Gasteiger partial charge on any atom is -0.369 e. The van der Waals surface area contributed by atoms with Crippen molar-refractivity contribution >= 4 is 15.9 Å². The first-order chi connectivity index (χ1) is 8.41. The molecule has 0 aromatic heterocycles. The highest BCUT2D eigenvalue weighted by molar-refractivity contribution is 7.89. The van der Waals surface area contributed by atoms with Crippen molar-refractivity contribution in [1.82, 2.24) is 4.31 Å². The van der Waals surface area contributed by atoms with E-state index in [4.69, 9.17) is 5.73 Å². The van der Waals surface area contributed by atoms with Gasteiger partial charge in [-0.25, -0.2) is 12.8 Å². The fourth-order valence-electron chi connectivity index (χ4n) is 1.96. The van der Waals surface area contributed by atoms with Crippen molar-refractivity contribution in [2.24, 2.45) is 11.7 Å². The van der Waals surface area contributed by atoms with E-state index >= 15 is 0 Å². The van der Waals surface area contributed by atoms with Crippen LogP contribution >= 0.6 is 0 Å². The minimum atomic E-state index is -3.74. The van der Waals surface area contributed by atoms with Gasteiger partial charge in [-0.3, -0.25) is 4.79 Å². The summed E-state index contributed by atoms with van der Waals surface area (Å²) >= 11 is 0. The number of primary amides is 1. The van der Waals surface area contributed by atoms with Crippen molar-refractivity contribution in [2.75, 3.05) is 13.1 Å². The highest BCUT2D eigenvalue weighted by atomic mass is 32.2. The van der Waals surface area contributed by atoms with Crippen molar-refractivity contribution < 1.29 is 17.6 Å². The maximum Gasteiger partial charge on any atom is 0.243 e. The first-order valence-corrected chi connectivity index (χ1v) is 6.90. The van der Waals surface area contributed by atoms with Crippen molar-refractivity contribution in [1.29, 1.82) is 0 Å². The van der Waals surface area contributed by atoms with E-state index in [2.05, 4.69) is 0 Å². The summed E-state index contributed by atoms with van der Waals surface area (Å²) in [5.41, 5.74) is 5.15. The molecule has 5 nitrogen and oxygen atoms in total. The smallest absolute Gasteiger partial charge is 0.243 e. The number of nitrogens with zero attached hydrogens (tertiary/aromatic N) is 1. The van der Waals surface area contributed by atoms with Crippen LogP contribution in [0.4, 0.5) is 4.39 Å². The predicted molar refractivity (Wildman–Crippen MR) is 62.5 cm³/mol. The quantitative estimate of drug-likeness (QED) is 0.860. The Balaban J connectivity index is 2.25. The second kappa shape index (κ2) is 4.66. The Hall–Kier alpha value is -1.47. The molecule has 1 fully saturated rings. The van der Waals surface area contributed by atoms with Crippen LogP contribution in [-0.4, -0.2) is 31.7 Å². The molecule has 7 heteroatoms. The van der Waals surface area contributed by atoms with Crippen LogP contribution in [0, 0.1) is 11.7 Å². The lowest BCUT2D eigenvalue weighted by atomic mass is 10.1. The van der Waals surface area contributed by atoms with Crippen LogP contribution in [0.15, 0.2) is 29.2 Å². The molecule has 98 valence electrons. The molecule has 0 radical (unpaired) electrons. The van der Waals surface area contributed by atoms with Crippen LogP contribution in [0.1, 0.15) is 6.42 Å². The van der Waals surface area contributed by atoms with Gasteiger partial charge in [0.25, 0.3) is 0 Å². The van der Waals surface area contributed by atoms with Gasteiger partial charge in [-0.15, -0.1) is 0 Å². The molecule has 0 bridgehead atoms. The van der Waals surface area contributed by atoms with Gasteiger partial charge in [0.05, 0.1) is 10.8 Å². The van der Waals surface area contributed by atoms with E-state index < -0.39 is 27.7 Å². The van der Waals surface area contributed by atoms with E-state index in [-0.39, 0.29) is 18.0 Å². The van der Waals surface area contributed by atoms with Gasteiger partial charge < -0.3 is 5.73 Å². The number of hydrogen-bond acceptors (Lipinski definition) is 3. The van der Waals surface area contributed by atoms with Gasteiger partial charge in [-0.1, -0.05) is 6.07 Å². The third-order valence-corrected chi connectivity index (χ3v) is 4.85. The Bertz CT molecular complexity index is 573. The lowest BCUT2D eigenvalue weighted by Crippen LogP contribution is -2.31. The first kappa shape index (κ1) is 13.0. The Morgan fingerprint density at radius 2 is 2.17 bits per heavy atom. The second-order valence-corrected chi connectivity index (χ2v) is 6.15. The number of carbonyl (C=O) groups is 1. The van der Waals surface area contributed by atoms with E-state index in [0.29, 0.717) is 6.42 Å². The molecular formula is C11H13FN2O3S. The minimum absolute atomic E-state index is 0.0637. The number of halogens is 1. The summed E-state index contributed by atoms with van der Waals surface area (Å²) in [7, 11) is -3.74. The summed E-state index contributed by atoms with van der Waals surface area (Å²) in [4.78, 5) is 10.9.